The summed E-state index contributed by atoms with van der Waals surface area (Å²) in [4.78, 5) is 12.3. The highest BCUT2D eigenvalue weighted by Gasteiger charge is 2.54. The molecule has 0 radical (unpaired) electrons. The van der Waals surface area contributed by atoms with E-state index in [0.717, 1.165) is 20.8 Å². The first kappa shape index (κ1) is 20.4. The predicted octanol–water partition coefficient (Wildman–Crippen LogP) is 5.27. The van der Waals surface area contributed by atoms with Crippen molar-refractivity contribution >= 4 is 39.8 Å². The summed E-state index contributed by atoms with van der Waals surface area (Å²) in [5, 5.41) is 2.23. The van der Waals surface area contributed by atoms with Crippen molar-refractivity contribution in [3.05, 3.63) is 46.4 Å². The summed E-state index contributed by atoms with van der Waals surface area (Å²) in [5.41, 5.74) is 0.0576. The summed E-state index contributed by atoms with van der Waals surface area (Å²) >= 11 is 3.75. The Morgan fingerprint density at radius 1 is 1.11 bits per heavy atom. The molecule has 1 fully saturated rings. The summed E-state index contributed by atoms with van der Waals surface area (Å²) in [5.74, 6) is -0.527. The zero-order valence-electron chi connectivity index (χ0n) is 16.5. The van der Waals surface area contributed by atoms with Crippen LogP contribution in [0.2, 0.25) is 0 Å². The van der Waals surface area contributed by atoms with Crippen molar-refractivity contribution in [1.29, 1.82) is 0 Å². The van der Waals surface area contributed by atoms with Gasteiger partial charge < -0.3 is 14.0 Å². The number of carbonyl (C=O) groups excluding carboxylic acids is 1. The fourth-order valence-electron chi connectivity index (χ4n) is 3.34. The first-order valence-corrected chi connectivity index (χ1v) is 10.1. The largest absolute Gasteiger partial charge is 0.466 e. The Labute approximate surface area is 169 Å². The van der Waals surface area contributed by atoms with E-state index in [9.17, 15) is 4.79 Å². The van der Waals surface area contributed by atoms with Crippen molar-refractivity contribution < 1.29 is 18.8 Å². The van der Waals surface area contributed by atoms with Crippen molar-refractivity contribution in [2.24, 2.45) is 0 Å². The number of hydrogen-bond donors (Lipinski definition) is 0. The van der Waals surface area contributed by atoms with E-state index < -0.39 is 18.3 Å². The molecule has 0 bridgehead atoms. The average molecular weight is 433 g/mol. The number of carbonyl (C=O) groups is 1. The van der Waals surface area contributed by atoms with Crippen LogP contribution >= 0.6 is 15.9 Å². The first-order chi connectivity index (χ1) is 12.7. The molecule has 6 heteroatoms. The van der Waals surface area contributed by atoms with Gasteiger partial charge in [-0.15, -0.1) is 0 Å². The maximum absolute atomic E-state index is 12.3. The predicted molar refractivity (Wildman–Crippen MR) is 112 cm³/mol. The minimum Gasteiger partial charge on any atom is -0.466 e. The molecule has 4 nitrogen and oxygen atoms in total. The normalized spacial score (nSPS) is 19.3. The fourth-order valence-corrected chi connectivity index (χ4v) is 4.13. The number of ether oxygens (including phenoxy) is 1. The molecule has 0 aromatic heterocycles. The molecule has 1 aliphatic rings. The molecule has 0 spiro atoms. The number of hydrogen-bond acceptors (Lipinski definition) is 4. The van der Waals surface area contributed by atoms with Crippen LogP contribution in [0.25, 0.3) is 10.8 Å². The van der Waals surface area contributed by atoms with Gasteiger partial charge in [0.1, 0.15) is 0 Å². The van der Waals surface area contributed by atoms with Crippen molar-refractivity contribution in [1.82, 2.24) is 0 Å². The van der Waals surface area contributed by atoms with Crippen molar-refractivity contribution in [2.75, 3.05) is 6.61 Å². The molecular weight excluding hydrogens is 407 g/mol. The third-order valence-corrected chi connectivity index (χ3v) is 6.47. The minimum atomic E-state index is -0.531. The summed E-state index contributed by atoms with van der Waals surface area (Å²) in [7, 11) is -0.531. The molecule has 1 heterocycles. The number of esters is 1. The van der Waals surface area contributed by atoms with Crippen molar-refractivity contribution in [3.63, 3.8) is 0 Å². The molecule has 27 heavy (non-hydrogen) atoms. The molecule has 2 aromatic rings. The van der Waals surface area contributed by atoms with E-state index in [0.29, 0.717) is 6.61 Å². The quantitative estimate of drug-likeness (QED) is 0.476. The van der Waals surface area contributed by atoms with E-state index in [1.807, 2.05) is 52.8 Å². The van der Waals surface area contributed by atoms with Gasteiger partial charge in [0.05, 0.1) is 24.2 Å². The van der Waals surface area contributed by atoms with Crippen LogP contribution in [0.3, 0.4) is 0 Å². The Balaban J connectivity index is 2.03. The van der Waals surface area contributed by atoms with Crippen molar-refractivity contribution in [2.45, 2.75) is 58.1 Å². The lowest BCUT2D eigenvalue weighted by Crippen LogP contribution is -2.41. The highest BCUT2D eigenvalue weighted by molar-refractivity contribution is 9.10. The molecule has 1 saturated heterocycles. The van der Waals surface area contributed by atoms with Gasteiger partial charge in [0.25, 0.3) is 0 Å². The number of halogens is 1. The number of benzene rings is 2. The van der Waals surface area contributed by atoms with Gasteiger partial charge in [-0.3, -0.25) is 4.79 Å². The van der Waals surface area contributed by atoms with E-state index in [1.54, 1.807) is 0 Å². The van der Waals surface area contributed by atoms with E-state index >= 15 is 0 Å². The highest BCUT2D eigenvalue weighted by Crippen LogP contribution is 2.44. The van der Waals surface area contributed by atoms with Gasteiger partial charge in [0.2, 0.25) is 0 Å². The second-order valence-corrected chi connectivity index (χ2v) is 8.72. The van der Waals surface area contributed by atoms with Gasteiger partial charge in [-0.25, -0.2) is 0 Å². The Morgan fingerprint density at radius 2 is 1.74 bits per heavy atom. The van der Waals surface area contributed by atoms with Gasteiger partial charge in [0, 0.05) is 10.3 Å². The van der Waals surface area contributed by atoms with Crippen molar-refractivity contribution in [3.8, 4) is 0 Å². The van der Waals surface area contributed by atoms with Gasteiger partial charge in [-0.2, -0.15) is 0 Å². The van der Waals surface area contributed by atoms with Gasteiger partial charge in [0.15, 0.2) is 0 Å². The Hall–Kier alpha value is -1.37. The first-order valence-electron chi connectivity index (χ1n) is 9.34. The topological polar surface area (TPSA) is 44.8 Å². The molecule has 1 atom stereocenters. The zero-order chi connectivity index (χ0) is 19.8. The van der Waals surface area contributed by atoms with Crippen LogP contribution in [0.15, 0.2) is 40.9 Å². The fraction of sp³-hybridized carbons (Fsp3) is 0.476. The lowest BCUT2D eigenvalue weighted by atomic mass is 9.66. The van der Waals surface area contributed by atoms with E-state index in [1.165, 1.54) is 0 Å². The monoisotopic (exact) mass is 432 g/mol. The van der Waals surface area contributed by atoms with Crippen LogP contribution in [0.5, 0.6) is 0 Å². The average Bonchev–Trinajstić information content (AvgIpc) is 2.81. The Kier molecular flexibility index (Phi) is 5.71. The van der Waals surface area contributed by atoms with E-state index in [2.05, 4.69) is 34.1 Å². The standard InChI is InChI=1S/C21H26BBrO4/c1-6-25-18(24)13-17(22-26-20(2,3)21(4,5)27-22)16-12-11-14-9-7-8-10-15(14)19(16)23/h7-12,17H,6,13H2,1-5H3. The van der Waals surface area contributed by atoms with Gasteiger partial charge in [-0.05, 0) is 66.9 Å². The maximum atomic E-state index is 12.3. The summed E-state index contributed by atoms with van der Waals surface area (Å²) < 4.78 is 18.7. The summed E-state index contributed by atoms with van der Waals surface area (Å²) in [6, 6.07) is 12.3. The second kappa shape index (κ2) is 7.57. The van der Waals surface area contributed by atoms with Crippen LogP contribution in [0, 0.1) is 0 Å². The lowest BCUT2D eigenvalue weighted by molar-refractivity contribution is -0.143. The molecule has 0 aliphatic carbocycles. The molecular formula is C21H26BBrO4. The van der Waals surface area contributed by atoms with Crippen LogP contribution < -0.4 is 0 Å². The molecule has 1 aliphatic heterocycles. The summed E-state index contributed by atoms with van der Waals surface area (Å²) in [6.45, 7) is 10.2. The molecule has 3 rings (SSSR count). The Morgan fingerprint density at radius 3 is 2.37 bits per heavy atom. The molecule has 1 unspecified atom stereocenters. The molecule has 2 aromatic carbocycles. The molecule has 0 saturated carbocycles. The maximum Gasteiger partial charge on any atom is 0.466 e. The number of rotatable bonds is 5. The molecule has 0 N–H and O–H groups in total. The third-order valence-electron chi connectivity index (χ3n) is 5.58. The van der Waals surface area contributed by atoms with Crippen LogP contribution in [-0.2, 0) is 18.8 Å². The van der Waals surface area contributed by atoms with E-state index in [-0.39, 0.29) is 18.2 Å². The summed E-state index contributed by atoms with van der Waals surface area (Å²) in [6.07, 6.45) is 0.196. The van der Waals surface area contributed by atoms with Crippen LogP contribution in [-0.4, -0.2) is 30.9 Å². The lowest BCUT2D eigenvalue weighted by Gasteiger charge is -2.32. The SMILES string of the molecule is CCOC(=O)CC(B1OC(C)(C)C(C)(C)O1)c1ccc2ccccc2c1Br. The smallest absolute Gasteiger partial charge is 0.466 e. The van der Waals surface area contributed by atoms with Crippen LogP contribution in [0.1, 0.15) is 52.4 Å². The molecule has 0 amide bonds. The van der Waals surface area contributed by atoms with Gasteiger partial charge in [-0.1, -0.05) is 36.4 Å². The van der Waals surface area contributed by atoms with E-state index in [4.69, 9.17) is 14.0 Å². The van der Waals surface area contributed by atoms with Gasteiger partial charge >= 0.3 is 13.1 Å². The third kappa shape index (κ3) is 3.93. The zero-order valence-corrected chi connectivity index (χ0v) is 18.1. The minimum absolute atomic E-state index is 0.196. The molecule has 144 valence electrons. The highest BCUT2D eigenvalue weighted by atomic mass is 79.9. The Bertz CT molecular complexity index is 833. The second-order valence-electron chi connectivity index (χ2n) is 7.93. The van der Waals surface area contributed by atoms with Crippen LogP contribution in [0.4, 0.5) is 0 Å². The number of fused-ring (bicyclic) bond motifs is 1.